The zero-order valence-electron chi connectivity index (χ0n) is 9.49. The lowest BCUT2D eigenvalue weighted by molar-refractivity contribution is -0.163. The lowest BCUT2D eigenvalue weighted by atomic mass is 9.97. The van der Waals surface area contributed by atoms with Gasteiger partial charge >= 0.3 is 11.9 Å². The van der Waals surface area contributed by atoms with E-state index in [1.165, 1.54) is 7.11 Å². The first-order valence-corrected chi connectivity index (χ1v) is 4.90. The van der Waals surface area contributed by atoms with Crippen molar-refractivity contribution < 1.29 is 19.1 Å². The molecule has 15 heavy (non-hydrogen) atoms. The van der Waals surface area contributed by atoms with Crippen LogP contribution >= 0.6 is 0 Å². The minimum absolute atomic E-state index is 0.317. The van der Waals surface area contributed by atoms with Gasteiger partial charge in [0.05, 0.1) is 7.11 Å². The molecule has 5 nitrogen and oxygen atoms in total. The Bertz CT molecular complexity index is 263. The van der Waals surface area contributed by atoms with Crippen LogP contribution in [0, 0.1) is 0 Å². The zero-order valence-corrected chi connectivity index (χ0v) is 9.49. The molecule has 1 fully saturated rings. The maximum absolute atomic E-state index is 11.5. The maximum Gasteiger partial charge on any atom is 0.323 e. The van der Waals surface area contributed by atoms with E-state index in [1.807, 2.05) is 0 Å². The molecule has 0 spiro atoms. The molecule has 86 valence electrons. The molecular formula is C10H17NO4. The van der Waals surface area contributed by atoms with E-state index in [-0.39, 0.29) is 24.0 Å². The summed E-state index contributed by atoms with van der Waals surface area (Å²) < 4.78 is 9.68. The van der Waals surface area contributed by atoms with Crippen molar-refractivity contribution >= 4 is 11.9 Å². The highest BCUT2D eigenvalue weighted by atomic mass is 16.6. The molecule has 1 rings (SSSR count). The molecule has 0 saturated carbocycles. The summed E-state index contributed by atoms with van der Waals surface area (Å²) >= 11 is 0. The molecule has 0 aromatic rings. The third kappa shape index (κ3) is 3.20. The molecule has 5 heteroatoms. The van der Waals surface area contributed by atoms with Crippen LogP contribution in [0.25, 0.3) is 0 Å². The van der Waals surface area contributed by atoms with E-state index in [2.05, 4.69) is 10.1 Å². The van der Waals surface area contributed by atoms with Gasteiger partial charge in [-0.15, -0.1) is 0 Å². The standard InChI is InChI=1S/C10H17NO4/c1-10(2,3)15-9(13)7-5-6(11-7)8(12)14-4/h6-7,11H,5H2,1-4H3/t6-,7+/m1/s1. The monoisotopic (exact) mass is 215 g/mol. The topological polar surface area (TPSA) is 64.6 Å². The third-order valence-corrected chi connectivity index (χ3v) is 2.05. The van der Waals surface area contributed by atoms with Gasteiger partial charge in [0.1, 0.15) is 17.7 Å². The maximum atomic E-state index is 11.5. The molecule has 1 saturated heterocycles. The van der Waals surface area contributed by atoms with E-state index in [0.29, 0.717) is 6.42 Å². The Labute approximate surface area is 89.1 Å². The van der Waals surface area contributed by atoms with Gasteiger partial charge in [0, 0.05) is 0 Å². The third-order valence-electron chi connectivity index (χ3n) is 2.05. The first-order valence-electron chi connectivity index (χ1n) is 4.90. The van der Waals surface area contributed by atoms with Gasteiger partial charge in [0.2, 0.25) is 0 Å². The van der Waals surface area contributed by atoms with Gasteiger partial charge in [-0.3, -0.25) is 14.9 Å². The fraction of sp³-hybridized carbons (Fsp3) is 0.800. The molecule has 0 amide bonds. The minimum atomic E-state index is -0.491. The molecule has 0 radical (unpaired) electrons. The SMILES string of the molecule is COC(=O)[C@H]1C[C@@H](C(=O)OC(C)(C)C)N1. The second-order valence-electron chi connectivity index (χ2n) is 4.56. The van der Waals surface area contributed by atoms with E-state index in [0.717, 1.165) is 0 Å². The molecule has 0 aromatic carbocycles. The fourth-order valence-corrected chi connectivity index (χ4v) is 1.30. The van der Waals surface area contributed by atoms with Crippen LogP contribution in [0.1, 0.15) is 27.2 Å². The lowest BCUT2D eigenvalue weighted by Gasteiger charge is -2.35. The molecule has 1 heterocycles. The van der Waals surface area contributed by atoms with Gasteiger partial charge in [0.25, 0.3) is 0 Å². The molecule has 0 aliphatic carbocycles. The average Bonchev–Trinajstić information content (AvgIpc) is 1.97. The van der Waals surface area contributed by atoms with Crippen molar-refractivity contribution in [3.63, 3.8) is 0 Å². The molecule has 1 N–H and O–H groups in total. The fourth-order valence-electron chi connectivity index (χ4n) is 1.30. The molecule has 1 aliphatic heterocycles. The van der Waals surface area contributed by atoms with E-state index in [1.54, 1.807) is 20.8 Å². The number of esters is 2. The molecule has 0 unspecified atom stereocenters. The van der Waals surface area contributed by atoms with Crippen molar-refractivity contribution in [3.8, 4) is 0 Å². The average molecular weight is 215 g/mol. The number of ether oxygens (including phenoxy) is 2. The van der Waals surface area contributed by atoms with E-state index in [4.69, 9.17) is 4.74 Å². The van der Waals surface area contributed by atoms with Gasteiger partial charge in [-0.2, -0.15) is 0 Å². The number of nitrogens with one attached hydrogen (secondary N) is 1. The predicted molar refractivity (Wildman–Crippen MR) is 53.2 cm³/mol. The van der Waals surface area contributed by atoms with Gasteiger partial charge in [0.15, 0.2) is 0 Å². The highest BCUT2D eigenvalue weighted by molar-refractivity contribution is 5.84. The van der Waals surface area contributed by atoms with Crippen molar-refractivity contribution in [3.05, 3.63) is 0 Å². The Kier molecular flexibility index (Phi) is 3.34. The van der Waals surface area contributed by atoms with Crippen LogP contribution in [0.5, 0.6) is 0 Å². The summed E-state index contributed by atoms with van der Waals surface area (Å²) in [5, 5.41) is 2.80. The largest absolute Gasteiger partial charge is 0.468 e. The molecule has 1 aliphatic rings. The zero-order chi connectivity index (χ0) is 11.6. The highest BCUT2D eigenvalue weighted by Crippen LogP contribution is 2.17. The Balaban J connectivity index is 2.33. The summed E-state index contributed by atoms with van der Waals surface area (Å²) in [6.45, 7) is 5.42. The van der Waals surface area contributed by atoms with E-state index in [9.17, 15) is 9.59 Å². The summed E-state index contributed by atoms with van der Waals surface area (Å²) in [6, 6.07) is -0.749. The second kappa shape index (κ2) is 4.18. The molecule has 0 aromatic heterocycles. The number of carbonyl (C=O) groups is 2. The number of methoxy groups -OCH3 is 1. The van der Waals surface area contributed by atoms with Crippen LogP contribution in [-0.4, -0.2) is 36.7 Å². The van der Waals surface area contributed by atoms with Crippen LogP contribution in [0.3, 0.4) is 0 Å². The first kappa shape index (κ1) is 12.0. The smallest absolute Gasteiger partial charge is 0.323 e. The minimum Gasteiger partial charge on any atom is -0.468 e. The summed E-state index contributed by atoms with van der Waals surface area (Å²) in [6.07, 6.45) is 0.446. The van der Waals surface area contributed by atoms with Crippen molar-refractivity contribution in [1.29, 1.82) is 0 Å². The van der Waals surface area contributed by atoms with Gasteiger partial charge in [-0.1, -0.05) is 0 Å². The van der Waals surface area contributed by atoms with Crippen LogP contribution in [0.2, 0.25) is 0 Å². The van der Waals surface area contributed by atoms with Crippen LogP contribution in [0.4, 0.5) is 0 Å². The Morgan fingerprint density at radius 3 is 2.07 bits per heavy atom. The normalized spacial score (nSPS) is 25.3. The van der Waals surface area contributed by atoms with Crippen molar-refractivity contribution in [2.75, 3.05) is 7.11 Å². The molecule has 2 atom stereocenters. The van der Waals surface area contributed by atoms with Crippen molar-refractivity contribution in [2.45, 2.75) is 44.9 Å². The van der Waals surface area contributed by atoms with Gasteiger partial charge in [-0.25, -0.2) is 0 Å². The number of hydrogen-bond donors (Lipinski definition) is 1. The molecular weight excluding hydrogens is 198 g/mol. The number of rotatable bonds is 2. The Hall–Kier alpha value is -1.10. The summed E-state index contributed by atoms with van der Waals surface area (Å²) in [5.41, 5.74) is -0.491. The lowest BCUT2D eigenvalue weighted by Crippen LogP contribution is -2.61. The van der Waals surface area contributed by atoms with Crippen LogP contribution in [-0.2, 0) is 19.1 Å². The van der Waals surface area contributed by atoms with Gasteiger partial charge < -0.3 is 9.47 Å². The summed E-state index contributed by atoms with van der Waals surface area (Å²) in [5.74, 6) is -0.655. The van der Waals surface area contributed by atoms with E-state index >= 15 is 0 Å². The molecule has 0 bridgehead atoms. The van der Waals surface area contributed by atoms with Crippen LogP contribution < -0.4 is 5.32 Å². The Morgan fingerprint density at radius 2 is 1.67 bits per heavy atom. The second-order valence-corrected chi connectivity index (χ2v) is 4.56. The van der Waals surface area contributed by atoms with Gasteiger partial charge in [-0.05, 0) is 27.2 Å². The number of carbonyl (C=O) groups excluding carboxylic acids is 2. The quantitative estimate of drug-likeness (QED) is 0.668. The van der Waals surface area contributed by atoms with Crippen molar-refractivity contribution in [2.24, 2.45) is 0 Å². The first-order chi connectivity index (χ1) is 6.83. The Morgan fingerprint density at radius 1 is 1.20 bits per heavy atom. The van der Waals surface area contributed by atoms with E-state index < -0.39 is 5.60 Å². The number of hydrogen-bond acceptors (Lipinski definition) is 5. The predicted octanol–water partition coefficient (Wildman–Crippen LogP) is 0.232. The summed E-state index contributed by atoms with van der Waals surface area (Å²) in [4.78, 5) is 22.5. The van der Waals surface area contributed by atoms with Crippen LogP contribution in [0.15, 0.2) is 0 Å². The summed E-state index contributed by atoms with van der Waals surface area (Å²) in [7, 11) is 1.32. The highest BCUT2D eigenvalue weighted by Gasteiger charge is 2.40. The van der Waals surface area contributed by atoms with Crippen molar-refractivity contribution in [1.82, 2.24) is 5.32 Å².